The smallest absolute Gasteiger partial charge is 0.302 e. The normalized spacial score (nSPS) is 21.3. The topological polar surface area (TPSA) is 180 Å². The summed E-state index contributed by atoms with van der Waals surface area (Å²) in [5.74, 6) is -5.24. The van der Waals surface area contributed by atoms with Crippen LogP contribution in [0.3, 0.4) is 0 Å². The predicted molar refractivity (Wildman–Crippen MR) is 209 cm³/mol. The number of carbonyl (C=O) groups is 8. The van der Waals surface area contributed by atoms with Gasteiger partial charge in [0.25, 0.3) is 11.8 Å². The lowest BCUT2D eigenvalue weighted by atomic mass is 9.91. The van der Waals surface area contributed by atoms with Gasteiger partial charge in [-0.15, -0.1) is 0 Å². The van der Waals surface area contributed by atoms with Gasteiger partial charge in [-0.25, -0.2) is 0 Å². The second kappa shape index (κ2) is 21.3. The summed E-state index contributed by atoms with van der Waals surface area (Å²) in [7, 11) is 2.97. The average molecular weight is 790 g/mol. The molecule has 0 radical (unpaired) electrons. The van der Waals surface area contributed by atoms with Gasteiger partial charge < -0.3 is 29.5 Å². The van der Waals surface area contributed by atoms with E-state index in [2.05, 4.69) is 19.2 Å². The standard InChI is InChI=1S/C41H67N5O10/c1-14-15-16-25(6)20-26(7)38(51)43(12)32(19-23(2)3)37(50)42-35(28(9)55-29(10)47)40(53)44(13)36(24(4)5)41(54)45-22-31(56-30(11)48)21-33(45)39(52)46-27(8)17-18-34(46)49/h17-18,23-28,31-33,35-36H,14-16,19-22H2,1-13H3,(H,42,50)/t25?,26?,27?,28?,31-,32-,33-,35-,36-/m0/s1. The van der Waals surface area contributed by atoms with E-state index in [0.29, 0.717) is 18.8 Å². The number of carbonyl (C=O) groups excluding carboxylic acids is 8. The van der Waals surface area contributed by atoms with E-state index in [-0.39, 0.29) is 30.7 Å². The zero-order valence-corrected chi connectivity index (χ0v) is 35.8. The van der Waals surface area contributed by atoms with Crippen molar-refractivity contribution in [2.75, 3.05) is 20.6 Å². The molecule has 0 bridgehead atoms. The van der Waals surface area contributed by atoms with Gasteiger partial charge in [0.2, 0.25) is 23.6 Å². The van der Waals surface area contributed by atoms with Crippen molar-refractivity contribution in [1.29, 1.82) is 0 Å². The molecule has 0 spiro atoms. The molecule has 0 aromatic rings. The van der Waals surface area contributed by atoms with E-state index in [1.54, 1.807) is 33.9 Å². The maximum Gasteiger partial charge on any atom is 0.302 e. The fourth-order valence-corrected chi connectivity index (χ4v) is 7.80. The minimum absolute atomic E-state index is 0.00741. The van der Waals surface area contributed by atoms with Crippen LogP contribution in [0.15, 0.2) is 12.2 Å². The Bertz CT molecular complexity index is 1480. The van der Waals surface area contributed by atoms with Crippen LogP contribution in [0, 0.1) is 23.7 Å². The Balaban J connectivity index is 2.47. The molecule has 2 aliphatic rings. The van der Waals surface area contributed by atoms with Crippen LogP contribution in [-0.4, -0.2) is 130 Å². The molecule has 4 unspecified atom stereocenters. The van der Waals surface area contributed by atoms with E-state index in [1.165, 1.54) is 43.7 Å². The van der Waals surface area contributed by atoms with Crippen LogP contribution in [0.5, 0.6) is 0 Å². The van der Waals surface area contributed by atoms with Crippen molar-refractivity contribution < 1.29 is 47.8 Å². The van der Waals surface area contributed by atoms with Gasteiger partial charge in [-0.3, -0.25) is 43.3 Å². The molecule has 0 aromatic carbocycles. The number of likely N-dealkylation sites (tertiary alicyclic amines) is 1. The third-order valence-electron chi connectivity index (χ3n) is 10.6. The Morgan fingerprint density at radius 2 is 1.54 bits per heavy atom. The monoisotopic (exact) mass is 789 g/mol. The van der Waals surface area contributed by atoms with Gasteiger partial charge in [-0.1, -0.05) is 73.8 Å². The third kappa shape index (κ3) is 12.6. The third-order valence-corrected chi connectivity index (χ3v) is 10.6. The molecule has 9 atom stereocenters. The van der Waals surface area contributed by atoms with Crippen molar-refractivity contribution in [3.8, 4) is 0 Å². The molecule has 15 heteroatoms. The van der Waals surface area contributed by atoms with E-state index in [1.807, 2.05) is 20.8 Å². The van der Waals surface area contributed by atoms with Crippen LogP contribution in [0.4, 0.5) is 0 Å². The molecule has 1 N–H and O–H groups in total. The fraction of sp³-hybridized carbons (Fsp3) is 0.756. The van der Waals surface area contributed by atoms with Gasteiger partial charge in [0.05, 0.1) is 12.6 Å². The van der Waals surface area contributed by atoms with Crippen LogP contribution in [-0.2, 0) is 47.8 Å². The second-order valence-corrected chi connectivity index (χ2v) is 16.5. The van der Waals surface area contributed by atoms with E-state index < -0.39 is 89.8 Å². The highest BCUT2D eigenvalue weighted by atomic mass is 16.5. The lowest BCUT2D eigenvalue weighted by molar-refractivity contribution is -0.157. The summed E-state index contributed by atoms with van der Waals surface area (Å²) in [5, 5.41) is 2.77. The lowest BCUT2D eigenvalue weighted by Crippen LogP contribution is -2.62. The minimum Gasteiger partial charge on any atom is -0.461 e. The molecule has 2 heterocycles. The number of nitrogens with one attached hydrogen (secondary N) is 1. The summed E-state index contributed by atoms with van der Waals surface area (Å²) in [6, 6.07) is -5.34. The first-order chi connectivity index (χ1) is 26.0. The van der Waals surface area contributed by atoms with Crippen molar-refractivity contribution >= 4 is 47.4 Å². The minimum atomic E-state index is -1.46. The highest BCUT2D eigenvalue weighted by Crippen LogP contribution is 2.29. The molecule has 1 saturated heterocycles. The van der Waals surface area contributed by atoms with Gasteiger partial charge in [-0.05, 0) is 44.4 Å². The van der Waals surface area contributed by atoms with E-state index in [0.717, 1.165) is 29.1 Å². The largest absolute Gasteiger partial charge is 0.461 e. The lowest BCUT2D eigenvalue weighted by Gasteiger charge is -2.38. The van der Waals surface area contributed by atoms with Gasteiger partial charge >= 0.3 is 11.9 Å². The number of rotatable bonds is 19. The van der Waals surface area contributed by atoms with Gasteiger partial charge in [0.15, 0.2) is 0 Å². The Kier molecular flexibility index (Phi) is 18.2. The molecule has 316 valence electrons. The Labute approximate surface area is 333 Å². The zero-order valence-electron chi connectivity index (χ0n) is 35.8. The van der Waals surface area contributed by atoms with Gasteiger partial charge in [0, 0.05) is 46.4 Å². The van der Waals surface area contributed by atoms with E-state index >= 15 is 0 Å². The molecule has 1 fully saturated rings. The quantitative estimate of drug-likeness (QED) is 0.150. The zero-order chi connectivity index (χ0) is 42.8. The Morgan fingerprint density at radius 1 is 0.911 bits per heavy atom. The fourth-order valence-electron chi connectivity index (χ4n) is 7.80. The van der Waals surface area contributed by atoms with Crippen molar-refractivity contribution in [3.05, 3.63) is 12.2 Å². The number of nitrogens with zero attached hydrogens (tertiary/aromatic N) is 4. The van der Waals surface area contributed by atoms with Gasteiger partial charge in [-0.2, -0.15) is 0 Å². The molecule has 6 amide bonds. The molecule has 2 aliphatic heterocycles. The summed E-state index contributed by atoms with van der Waals surface area (Å²) in [6.45, 7) is 18.7. The number of unbranched alkanes of at least 4 members (excludes halogenated alkanes) is 1. The number of hydrogen-bond acceptors (Lipinski definition) is 10. The molecule has 15 nitrogen and oxygen atoms in total. The van der Waals surface area contributed by atoms with Crippen LogP contribution in [0.25, 0.3) is 0 Å². The maximum atomic E-state index is 14.5. The maximum absolute atomic E-state index is 14.5. The Hall–Kier alpha value is -4.30. The first-order valence-corrected chi connectivity index (χ1v) is 20.1. The molecular weight excluding hydrogens is 722 g/mol. The first kappa shape index (κ1) is 47.9. The highest BCUT2D eigenvalue weighted by molar-refractivity contribution is 6.06. The highest BCUT2D eigenvalue weighted by Gasteiger charge is 2.49. The summed E-state index contributed by atoms with van der Waals surface area (Å²) in [5.41, 5.74) is 0. The number of amides is 6. The van der Waals surface area contributed by atoms with Crippen LogP contribution >= 0.6 is 0 Å². The second-order valence-electron chi connectivity index (χ2n) is 16.5. The van der Waals surface area contributed by atoms with Crippen molar-refractivity contribution in [2.24, 2.45) is 23.7 Å². The van der Waals surface area contributed by atoms with E-state index in [9.17, 15) is 38.4 Å². The summed E-state index contributed by atoms with van der Waals surface area (Å²) < 4.78 is 10.8. The molecule has 2 rings (SSSR count). The van der Waals surface area contributed by atoms with Crippen LogP contribution in [0.2, 0.25) is 0 Å². The van der Waals surface area contributed by atoms with Crippen molar-refractivity contribution in [1.82, 2.24) is 24.9 Å². The van der Waals surface area contributed by atoms with Crippen molar-refractivity contribution in [3.63, 3.8) is 0 Å². The number of ether oxygens (including phenoxy) is 2. The summed E-state index contributed by atoms with van der Waals surface area (Å²) in [4.78, 5) is 112. The molecular formula is C41H67N5O10. The van der Waals surface area contributed by atoms with Crippen molar-refractivity contribution in [2.45, 2.75) is 157 Å². The van der Waals surface area contributed by atoms with E-state index in [4.69, 9.17) is 9.47 Å². The van der Waals surface area contributed by atoms with Crippen LogP contribution < -0.4 is 5.32 Å². The molecule has 0 aliphatic carbocycles. The predicted octanol–water partition coefficient (Wildman–Crippen LogP) is 3.48. The number of hydrogen-bond donors (Lipinski definition) is 1. The first-order valence-electron chi connectivity index (χ1n) is 20.1. The SMILES string of the molecule is CCCCC(C)CC(C)C(=O)N(C)[C@@H](CC(C)C)C(=O)N[C@H](C(=O)N(C)[C@H](C(=O)N1C[C@@H](OC(C)=O)C[C@H]1C(=O)N1C(=O)C=CC1C)C(C)C)C(C)OC(C)=O. The molecule has 0 aromatic heterocycles. The Morgan fingerprint density at radius 3 is 2.04 bits per heavy atom. The summed E-state index contributed by atoms with van der Waals surface area (Å²) in [6.07, 6.45) is 4.85. The van der Waals surface area contributed by atoms with Crippen LogP contribution in [0.1, 0.15) is 115 Å². The number of esters is 2. The number of likely N-dealkylation sites (N-methyl/N-ethyl adjacent to an activating group) is 2. The summed E-state index contributed by atoms with van der Waals surface area (Å²) >= 11 is 0. The number of imide groups is 1. The molecule has 56 heavy (non-hydrogen) atoms. The molecule has 0 saturated carbocycles. The van der Waals surface area contributed by atoms with Gasteiger partial charge in [0.1, 0.15) is 36.4 Å². The average Bonchev–Trinajstić information content (AvgIpc) is 3.67.